The molecule has 2 saturated heterocycles. The number of amides is 2. The second-order valence-corrected chi connectivity index (χ2v) is 10.7. The Kier molecular flexibility index (Phi) is 8.94. The Morgan fingerprint density at radius 1 is 1.11 bits per heavy atom. The molecule has 1 aromatic carbocycles. The molecule has 3 heterocycles. The number of halogens is 2. The largest absolute Gasteiger partial charge is 0.382 e. The van der Waals surface area contributed by atoms with Crippen molar-refractivity contribution in [1.29, 1.82) is 0 Å². The molecule has 2 aliphatic rings. The highest BCUT2D eigenvalue weighted by atomic mass is 35.5. The zero-order valence-corrected chi connectivity index (χ0v) is 23.0. The Morgan fingerprint density at radius 3 is 2.45 bits per heavy atom. The summed E-state index contributed by atoms with van der Waals surface area (Å²) in [5.41, 5.74) is 24.3. The van der Waals surface area contributed by atoms with Gasteiger partial charge in [0.2, 0.25) is 5.91 Å². The van der Waals surface area contributed by atoms with Crippen LogP contribution >= 0.6 is 23.2 Å². The number of piperidine rings is 1. The first-order valence-electron chi connectivity index (χ1n) is 12.8. The van der Waals surface area contributed by atoms with Crippen LogP contribution in [0.4, 0.5) is 11.6 Å². The van der Waals surface area contributed by atoms with E-state index in [4.69, 9.17) is 46.1 Å². The molecule has 2 amide bonds. The van der Waals surface area contributed by atoms with Crippen LogP contribution in [0.25, 0.3) is 0 Å². The number of nitrogens with zero attached hydrogens (tertiary/aromatic N) is 5. The molecule has 11 nitrogen and oxygen atoms in total. The summed E-state index contributed by atoms with van der Waals surface area (Å²) in [5.74, 6) is -0.861. The first kappa shape index (κ1) is 28.3. The summed E-state index contributed by atoms with van der Waals surface area (Å²) in [6, 6.07) is 5.36. The van der Waals surface area contributed by atoms with Gasteiger partial charge in [0.15, 0.2) is 22.5 Å². The summed E-state index contributed by atoms with van der Waals surface area (Å²) in [6.45, 7) is 7.03. The van der Waals surface area contributed by atoms with Gasteiger partial charge in [0.1, 0.15) is 6.04 Å². The summed E-state index contributed by atoms with van der Waals surface area (Å²) < 4.78 is 0. The Morgan fingerprint density at radius 2 is 1.82 bits per heavy atom. The van der Waals surface area contributed by atoms with Crippen LogP contribution in [0.2, 0.25) is 10.2 Å². The second-order valence-electron chi connectivity index (χ2n) is 9.91. The third-order valence-electron chi connectivity index (χ3n) is 7.57. The number of benzene rings is 1. The first-order chi connectivity index (χ1) is 18.1. The smallest absolute Gasteiger partial charge is 0.271 e. The van der Waals surface area contributed by atoms with Gasteiger partial charge >= 0.3 is 0 Å². The Bertz CT molecular complexity index is 1190. The van der Waals surface area contributed by atoms with Crippen LogP contribution in [0, 0.1) is 0 Å². The molecule has 0 saturated carbocycles. The fourth-order valence-corrected chi connectivity index (χ4v) is 5.94. The number of aromatic nitrogens is 2. The van der Waals surface area contributed by atoms with Crippen LogP contribution < -0.4 is 27.8 Å². The van der Waals surface area contributed by atoms with Gasteiger partial charge in [-0.05, 0) is 55.6 Å². The fraction of sp³-hybridized carbons (Fsp3) is 0.520. The van der Waals surface area contributed by atoms with Crippen molar-refractivity contribution < 1.29 is 9.59 Å². The van der Waals surface area contributed by atoms with E-state index in [0.717, 1.165) is 57.5 Å². The maximum atomic E-state index is 11.7. The van der Waals surface area contributed by atoms with Crippen molar-refractivity contribution >= 4 is 46.7 Å². The number of nitrogen functional groups attached to an aromatic ring is 1. The minimum atomic E-state index is -0.886. The zero-order chi connectivity index (χ0) is 27.6. The summed E-state index contributed by atoms with van der Waals surface area (Å²) in [6.07, 6.45) is 3.03. The highest BCUT2D eigenvalue weighted by molar-refractivity contribution is 6.32. The van der Waals surface area contributed by atoms with Crippen LogP contribution in [0.5, 0.6) is 0 Å². The Hall–Kier alpha value is -2.70. The molecular formula is C25H35Cl2N9O2. The molecule has 2 fully saturated rings. The van der Waals surface area contributed by atoms with Crippen LogP contribution in [0.3, 0.4) is 0 Å². The quantitative estimate of drug-likeness (QED) is 0.371. The van der Waals surface area contributed by atoms with Gasteiger partial charge < -0.3 is 27.8 Å². The molecule has 206 valence electrons. The van der Waals surface area contributed by atoms with Crippen LogP contribution in [-0.2, 0) is 11.3 Å². The fourth-order valence-electron chi connectivity index (χ4n) is 5.51. The number of carbonyl (C=O) groups is 2. The van der Waals surface area contributed by atoms with E-state index >= 15 is 0 Å². The normalized spacial score (nSPS) is 20.4. The third-order valence-corrected chi connectivity index (χ3v) is 8.05. The average molecular weight is 565 g/mol. The predicted molar refractivity (Wildman–Crippen MR) is 149 cm³/mol. The third kappa shape index (κ3) is 6.13. The van der Waals surface area contributed by atoms with Gasteiger partial charge in [-0.15, -0.1) is 0 Å². The minimum Gasteiger partial charge on any atom is -0.382 e. The van der Waals surface area contributed by atoms with Gasteiger partial charge in [-0.3, -0.25) is 19.4 Å². The van der Waals surface area contributed by atoms with E-state index < -0.39 is 17.9 Å². The lowest BCUT2D eigenvalue weighted by Crippen LogP contribution is -2.58. The summed E-state index contributed by atoms with van der Waals surface area (Å²) in [5, 5.41) is 0.657. The molecule has 8 N–H and O–H groups in total. The summed E-state index contributed by atoms with van der Waals surface area (Å²) in [4.78, 5) is 38.7. The van der Waals surface area contributed by atoms with E-state index in [0.29, 0.717) is 35.0 Å². The van der Waals surface area contributed by atoms with E-state index in [-0.39, 0.29) is 16.7 Å². The van der Waals surface area contributed by atoms with E-state index in [2.05, 4.69) is 31.6 Å². The van der Waals surface area contributed by atoms with Crippen molar-refractivity contribution in [2.45, 2.75) is 50.9 Å². The number of hydrogen-bond donors (Lipinski definition) is 4. The molecule has 2 atom stereocenters. The van der Waals surface area contributed by atoms with Gasteiger partial charge in [0.05, 0.1) is 0 Å². The van der Waals surface area contributed by atoms with Crippen LogP contribution in [0.1, 0.15) is 53.8 Å². The monoisotopic (exact) mass is 563 g/mol. The molecule has 4 rings (SSSR count). The molecule has 38 heavy (non-hydrogen) atoms. The van der Waals surface area contributed by atoms with Crippen molar-refractivity contribution in [2.24, 2.45) is 17.2 Å². The summed E-state index contributed by atoms with van der Waals surface area (Å²) >= 11 is 12.5. The summed E-state index contributed by atoms with van der Waals surface area (Å²) in [7, 11) is 0. The molecule has 1 unspecified atom stereocenters. The standard InChI is InChI=1S/C25H35Cl2N9O2/c1-2-16-13-35(25-21(27)32-20(24(31)38)22(29)33-25)9-10-36(16)17-5-7-34(8-6-17)12-14-3-4-15(26)11-18(14)19(28)23(30)37/h3-4,11,16-17,19H,2,5-10,12-13,28H2,1H3,(H2,29,33)(H2,30,37)(H2,31,38)/t16-,19?/m0/s1. The van der Waals surface area contributed by atoms with Gasteiger partial charge in [-0.25, -0.2) is 9.97 Å². The van der Waals surface area contributed by atoms with E-state index in [1.165, 1.54) is 0 Å². The number of hydrogen-bond acceptors (Lipinski definition) is 9. The average Bonchev–Trinajstić information content (AvgIpc) is 2.90. The van der Waals surface area contributed by atoms with E-state index in [1.807, 2.05) is 12.1 Å². The van der Waals surface area contributed by atoms with Crippen LogP contribution in [-0.4, -0.2) is 76.4 Å². The van der Waals surface area contributed by atoms with Gasteiger partial charge in [-0.1, -0.05) is 36.2 Å². The van der Waals surface area contributed by atoms with Gasteiger partial charge in [-0.2, -0.15) is 0 Å². The van der Waals surface area contributed by atoms with E-state index in [9.17, 15) is 9.59 Å². The van der Waals surface area contributed by atoms with Crippen molar-refractivity contribution in [2.75, 3.05) is 43.4 Å². The van der Waals surface area contributed by atoms with Crippen molar-refractivity contribution in [3.63, 3.8) is 0 Å². The Labute approximate surface area is 232 Å². The number of carbonyl (C=O) groups excluding carboxylic acids is 2. The van der Waals surface area contributed by atoms with Crippen molar-refractivity contribution in [3.05, 3.63) is 45.2 Å². The number of rotatable bonds is 8. The second kappa shape index (κ2) is 12.0. The Balaban J connectivity index is 1.38. The number of piperazine rings is 1. The lowest BCUT2D eigenvalue weighted by atomic mass is 9.96. The molecule has 0 aliphatic carbocycles. The van der Waals surface area contributed by atoms with Crippen LogP contribution in [0.15, 0.2) is 18.2 Å². The first-order valence-corrected chi connectivity index (χ1v) is 13.5. The molecule has 1 aromatic heterocycles. The van der Waals surface area contributed by atoms with Gasteiger partial charge in [0, 0.05) is 43.3 Å². The molecule has 13 heteroatoms. The van der Waals surface area contributed by atoms with Crippen molar-refractivity contribution in [1.82, 2.24) is 19.8 Å². The maximum absolute atomic E-state index is 11.7. The minimum absolute atomic E-state index is 0.0135. The molecule has 2 aromatic rings. The topological polar surface area (TPSA) is 174 Å². The molecule has 0 spiro atoms. The highest BCUT2D eigenvalue weighted by Crippen LogP contribution is 2.30. The zero-order valence-electron chi connectivity index (χ0n) is 21.4. The van der Waals surface area contributed by atoms with E-state index in [1.54, 1.807) is 6.07 Å². The molecule has 2 aliphatic heterocycles. The number of nitrogens with two attached hydrogens (primary N) is 4. The number of likely N-dealkylation sites (tertiary alicyclic amines) is 1. The lowest BCUT2D eigenvalue weighted by molar-refractivity contribution is -0.119. The number of primary amides is 2. The van der Waals surface area contributed by atoms with Crippen molar-refractivity contribution in [3.8, 4) is 0 Å². The van der Waals surface area contributed by atoms with Gasteiger partial charge in [0.25, 0.3) is 5.91 Å². The number of anilines is 2. The molecule has 0 radical (unpaired) electrons. The maximum Gasteiger partial charge on any atom is 0.271 e. The molecule has 0 bridgehead atoms. The lowest BCUT2D eigenvalue weighted by Gasteiger charge is -2.47. The molecular weight excluding hydrogens is 529 g/mol. The predicted octanol–water partition coefficient (Wildman–Crippen LogP) is 1.51. The highest BCUT2D eigenvalue weighted by Gasteiger charge is 2.34. The SMILES string of the molecule is CC[C@H]1CN(c2nc(N)c(C(N)=O)nc2Cl)CCN1C1CCN(Cc2ccc(Cl)cc2C(N)C(N)=O)CC1.